The molecule has 0 aromatic heterocycles. The number of benzene rings is 1. The second kappa shape index (κ2) is 8.73. The van der Waals surface area contributed by atoms with Crippen molar-refractivity contribution < 1.29 is 14.0 Å². The molecule has 0 saturated carbocycles. The predicted molar refractivity (Wildman–Crippen MR) is 115 cm³/mol. The van der Waals surface area contributed by atoms with Crippen molar-refractivity contribution in [3.05, 3.63) is 46.1 Å². The number of aliphatic imine (C=N–C) groups is 1. The molecule has 2 aliphatic rings. The molecule has 2 fully saturated rings. The largest absolute Gasteiger partial charge is 0.394 e. The van der Waals surface area contributed by atoms with Crippen LogP contribution in [0.4, 0.5) is 4.39 Å². The first kappa shape index (κ1) is 22.2. The van der Waals surface area contributed by atoms with Gasteiger partial charge < -0.3 is 16.4 Å². The fraction of sp³-hybridized carbons (Fsp3) is 0.476. The van der Waals surface area contributed by atoms with Crippen LogP contribution in [0.5, 0.6) is 0 Å². The second-order valence-electron chi connectivity index (χ2n) is 8.00. The van der Waals surface area contributed by atoms with E-state index in [4.69, 9.17) is 17.3 Å². The van der Waals surface area contributed by atoms with Gasteiger partial charge in [-0.1, -0.05) is 23.7 Å². The van der Waals surface area contributed by atoms with Gasteiger partial charge in [-0.25, -0.2) is 4.39 Å². The van der Waals surface area contributed by atoms with Crippen LogP contribution in [0.3, 0.4) is 0 Å². The number of rotatable bonds is 5. The van der Waals surface area contributed by atoms with E-state index >= 15 is 0 Å². The van der Waals surface area contributed by atoms with E-state index in [2.05, 4.69) is 15.6 Å². The fourth-order valence-electron chi connectivity index (χ4n) is 3.81. The molecule has 2 heterocycles. The second-order valence-corrected chi connectivity index (χ2v) is 8.44. The van der Waals surface area contributed by atoms with Crippen molar-refractivity contribution in [1.29, 1.82) is 0 Å². The summed E-state index contributed by atoms with van der Waals surface area (Å²) in [5, 5.41) is 6.17. The highest BCUT2D eigenvalue weighted by Crippen LogP contribution is 2.29. The molecular weight excluding hydrogens is 409 g/mol. The van der Waals surface area contributed by atoms with E-state index in [1.54, 1.807) is 19.2 Å². The van der Waals surface area contributed by atoms with Crippen LogP contribution in [0.15, 0.2) is 40.5 Å². The Balaban J connectivity index is 1.68. The van der Waals surface area contributed by atoms with E-state index < -0.39 is 11.6 Å². The number of halogens is 2. The summed E-state index contributed by atoms with van der Waals surface area (Å²) in [6.45, 7) is 4.44. The third kappa shape index (κ3) is 4.65. The zero-order valence-electron chi connectivity index (χ0n) is 17.3. The van der Waals surface area contributed by atoms with E-state index in [0.717, 1.165) is 5.56 Å². The minimum Gasteiger partial charge on any atom is -0.394 e. The van der Waals surface area contributed by atoms with Crippen molar-refractivity contribution >= 4 is 29.1 Å². The van der Waals surface area contributed by atoms with Crippen LogP contribution in [0, 0.1) is 0 Å². The molecule has 0 bridgehead atoms. The summed E-state index contributed by atoms with van der Waals surface area (Å²) >= 11 is 5.88. The first-order chi connectivity index (χ1) is 14.1. The number of nitrogens with one attached hydrogen (secondary N) is 2. The summed E-state index contributed by atoms with van der Waals surface area (Å²) in [5.41, 5.74) is 6.70. The molecule has 0 radical (unpaired) electrons. The average Bonchev–Trinajstić information content (AvgIpc) is 3.26. The minimum absolute atomic E-state index is 0.109. The van der Waals surface area contributed by atoms with Gasteiger partial charge in [-0.2, -0.15) is 0 Å². The fourth-order valence-corrected chi connectivity index (χ4v) is 3.94. The SMILES string of the molecule is CN=C1CN(C(C)C2CC(C)(F)C(=O)N2)CC1=C(N)C(=O)NCc1ccc(Cl)cc1. The van der Waals surface area contributed by atoms with Crippen LogP contribution >= 0.6 is 11.6 Å². The maximum absolute atomic E-state index is 14.3. The zero-order chi connectivity index (χ0) is 22.1. The van der Waals surface area contributed by atoms with Crippen molar-refractivity contribution in [3.8, 4) is 0 Å². The smallest absolute Gasteiger partial charge is 0.267 e. The Morgan fingerprint density at radius 2 is 2.10 bits per heavy atom. The third-order valence-corrected chi connectivity index (χ3v) is 6.07. The molecule has 3 rings (SSSR count). The van der Waals surface area contributed by atoms with Gasteiger partial charge in [-0.15, -0.1) is 0 Å². The van der Waals surface area contributed by atoms with Crippen molar-refractivity contribution in [2.24, 2.45) is 10.7 Å². The van der Waals surface area contributed by atoms with Gasteiger partial charge in [0.05, 0.1) is 5.71 Å². The van der Waals surface area contributed by atoms with Gasteiger partial charge in [0, 0.05) is 55.8 Å². The van der Waals surface area contributed by atoms with Crippen LogP contribution in [0.25, 0.3) is 0 Å². The lowest BCUT2D eigenvalue weighted by Crippen LogP contribution is -2.45. The summed E-state index contributed by atoms with van der Waals surface area (Å²) in [4.78, 5) is 30.7. The summed E-state index contributed by atoms with van der Waals surface area (Å²) in [6, 6.07) is 6.73. The minimum atomic E-state index is -1.86. The van der Waals surface area contributed by atoms with E-state index in [0.29, 0.717) is 35.9 Å². The molecule has 3 atom stereocenters. The number of carbonyl (C=O) groups is 2. The third-order valence-electron chi connectivity index (χ3n) is 5.82. The molecule has 9 heteroatoms. The number of amides is 2. The molecule has 2 aliphatic heterocycles. The average molecular weight is 436 g/mol. The number of alkyl halides is 1. The molecule has 1 aromatic carbocycles. The molecule has 162 valence electrons. The van der Waals surface area contributed by atoms with E-state index in [-0.39, 0.29) is 30.1 Å². The highest BCUT2D eigenvalue weighted by molar-refractivity contribution is 6.30. The van der Waals surface area contributed by atoms with E-state index in [9.17, 15) is 14.0 Å². The first-order valence-electron chi connectivity index (χ1n) is 9.83. The van der Waals surface area contributed by atoms with Crippen LogP contribution in [-0.2, 0) is 16.1 Å². The Morgan fingerprint density at radius 1 is 1.43 bits per heavy atom. The number of hydrogen-bond donors (Lipinski definition) is 3. The lowest BCUT2D eigenvalue weighted by atomic mass is 9.99. The molecule has 3 unspecified atom stereocenters. The zero-order valence-corrected chi connectivity index (χ0v) is 18.1. The molecule has 2 amide bonds. The Hall–Kier alpha value is -2.45. The van der Waals surface area contributed by atoms with Crippen LogP contribution in [-0.4, -0.2) is 60.3 Å². The van der Waals surface area contributed by atoms with Crippen molar-refractivity contribution in [2.75, 3.05) is 20.1 Å². The predicted octanol–water partition coefficient (Wildman–Crippen LogP) is 1.56. The lowest BCUT2D eigenvalue weighted by molar-refractivity contribution is -0.128. The highest BCUT2D eigenvalue weighted by Gasteiger charge is 2.47. The van der Waals surface area contributed by atoms with Crippen LogP contribution in [0.1, 0.15) is 25.8 Å². The molecule has 4 N–H and O–H groups in total. The van der Waals surface area contributed by atoms with E-state index in [1.807, 2.05) is 24.0 Å². The van der Waals surface area contributed by atoms with Gasteiger partial charge in [-0.05, 0) is 31.5 Å². The van der Waals surface area contributed by atoms with Gasteiger partial charge in [0.2, 0.25) is 0 Å². The Bertz CT molecular complexity index is 897. The monoisotopic (exact) mass is 435 g/mol. The molecule has 1 aromatic rings. The number of hydrogen-bond acceptors (Lipinski definition) is 5. The Labute approximate surface area is 180 Å². The number of carbonyl (C=O) groups excluding carboxylic acids is 2. The van der Waals surface area contributed by atoms with Crippen molar-refractivity contribution in [1.82, 2.24) is 15.5 Å². The number of nitrogens with zero attached hydrogens (tertiary/aromatic N) is 2. The standard InChI is InChI=1S/C21H27ClFN5O2/c1-12(16-8-21(2,23)20(30)27-16)28-10-15(17(11-28)25-3)18(24)19(29)26-9-13-4-6-14(22)7-5-13/h4-7,12,16H,8-11,24H2,1-3H3,(H,26,29)(H,27,30). The normalized spacial score (nSPS) is 28.5. The molecule has 0 aliphatic carbocycles. The first-order valence-corrected chi connectivity index (χ1v) is 10.2. The molecule has 7 nitrogen and oxygen atoms in total. The van der Waals surface area contributed by atoms with Crippen molar-refractivity contribution in [2.45, 2.75) is 44.6 Å². The Kier molecular flexibility index (Phi) is 6.47. The summed E-state index contributed by atoms with van der Waals surface area (Å²) in [6.07, 6.45) is 0.109. The van der Waals surface area contributed by atoms with Gasteiger partial charge in [0.1, 0.15) is 5.70 Å². The van der Waals surface area contributed by atoms with Gasteiger partial charge >= 0.3 is 0 Å². The van der Waals surface area contributed by atoms with E-state index in [1.165, 1.54) is 6.92 Å². The Morgan fingerprint density at radius 3 is 2.67 bits per heavy atom. The van der Waals surface area contributed by atoms with Gasteiger partial charge in [-0.3, -0.25) is 19.5 Å². The van der Waals surface area contributed by atoms with Gasteiger partial charge in [0.25, 0.3) is 11.8 Å². The molecular formula is C21H27ClFN5O2. The maximum atomic E-state index is 14.3. The number of nitrogens with two attached hydrogens (primary N) is 1. The van der Waals surface area contributed by atoms with Crippen molar-refractivity contribution in [3.63, 3.8) is 0 Å². The maximum Gasteiger partial charge on any atom is 0.267 e. The summed E-state index contributed by atoms with van der Waals surface area (Å²) < 4.78 is 14.3. The highest BCUT2D eigenvalue weighted by atomic mass is 35.5. The lowest BCUT2D eigenvalue weighted by Gasteiger charge is -2.28. The summed E-state index contributed by atoms with van der Waals surface area (Å²) in [5.74, 6) is -0.958. The number of likely N-dealkylation sites (tertiary alicyclic amines) is 1. The molecule has 2 saturated heterocycles. The molecule has 30 heavy (non-hydrogen) atoms. The summed E-state index contributed by atoms with van der Waals surface area (Å²) in [7, 11) is 1.65. The van der Waals surface area contributed by atoms with Gasteiger partial charge in [0.15, 0.2) is 5.67 Å². The quantitative estimate of drug-likeness (QED) is 0.611. The topological polar surface area (TPSA) is 99.8 Å². The van der Waals surface area contributed by atoms with Crippen LogP contribution < -0.4 is 16.4 Å². The van der Waals surface area contributed by atoms with Crippen LogP contribution in [0.2, 0.25) is 5.02 Å². The molecule has 0 spiro atoms.